The molecule has 0 fully saturated rings. The van der Waals surface area contributed by atoms with Gasteiger partial charge in [-0.3, -0.25) is 4.79 Å². The molecule has 0 saturated carbocycles. The predicted octanol–water partition coefficient (Wildman–Crippen LogP) is 9.72. The lowest BCUT2D eigenvalue weighted by Crippen LogP contribution is -2.28. The summed E-state index contributed by atoms with van der Waals surface area (Å²) in [5, 5.41) is 5.97. The first-order valence-corrected chi connectivity index (χ1v) is 19.5. The average Bonchev–Trinajstić information content (AvgIpc) is 3.46. The number of para-hydroxylation sites is 2. The van der Waals surface area contributed by atoms with Gasteiger partial charge in [-0.1, -0.05) is 94.7 Å². The van der Waals surface area contributed by atoms with Crippen molar-refractivity contribution in [2.75, 3.05) is 36.4 Å². The summed E-state index contributed by atoms with van der Waals surface area (Å²) in [6.45, 7) is 14.5. The molecule has 1 amide bonds. The molecule has 0 unspecified atom stereocenters. The molecule has 3 aromatic rings. The molecule has 52 heavy (non-hydrogen) atoms. The predicted molar refractivity (Wildman–Crippen MR) is 216 cm³/mol. The third-order valence-electron chi connectivity index (χ3n) is 10.2. The zero-order chi connectivity index (χ0) is 37.1. The Balaban J connectivity index is 1.12. The van der Waals surface area contributed by atoms with Gasteiger partial charge in [0.05, 0.1) is 5.41 Å². The van der Waals surface area contributed by atoms with Crippen LogP contribution < -0.4 is 15.5 Å². The minimum absolute atomic E-state index is 0.0257. The summed E-state index contributed by atoms with van der Waals surface area (Å²) in [6, 6.07) is 17.7. The molecule has 8 nitrogen and oxygen atoms in total. The Kier molecular flexibility index (Phi) is 13.7. The van der Waals surface area contributed by atoms with E-state index in [1.54, 1.807) is 0 Å². The van der Waals surface area contributed by atoms with Gasteiger partial charge in [-0.25, -0.2) is 0 Å². The van der Waals surface area contributed by atoms with E-state index in [-0.39, 0.29) is 33.3 Å². The molecule has 2 N–H and O–H groups in total. The van der Waals surface area contributed by atoms with Crippen LogP contribution in [0.1, 0.15) is 97.1 Å². The molecular formula is C42H54Cl2N7O+. The van der Waals surface area contributed by atoms with Gasteiger partial charge < -0.3 is 15.5 Å². The molecule has 0 atom stereocenters. The standard InChI is InChI=1S/C42H53Cl2N7O/c1-6-7-29-50-33-22-17-15-20-31(33)41(2,3)35(50)24-12-11-13-25-36-42(4,5)32-21-16-18-23-34(32)51(36)30-19-10-8-9-14-26-37(52)45-27-28-46-40-48-38(43)47-39(44)49-40/h11-13,15-18,20-25H,6-10,14,19,26-30H2,1-5H3,(H-,45,46,47,48,49,52)/p+1. The van der Waals surface area contributed by atoms with Crippen LogP contribution in [-0.4, -0.2) is 57.3 Å². The number of unbranched alkanes of at least 4 members (excludes halogenated alkanes) is 5. The minimum Gasteiger partial charge on any atom is -0.354 e. The van der Waals surface area contributed by atoms with Crippen LogP contribution in [-0.2, 0) is 15.6 Å². The lowest BCUT2D eigenvalue weighted by Gasteiger charge is -2.27. The SMILES string of the molecule is CCCCN1C(=CC=CC=CC2=[N+](CCCCCCCC(=O)NCCNc3nc(Cl)nc(Cl)n3)c3ccccc3C2(C)C)C(C)(C)c2ccccc21. The molecule has 2 aliphatic heterocycles. The fraction of sp³-hybridized carbons (Fsp3) is 0.452. The highest BCUT2D eigenvalue weighted by atomic mass is 35.5. The molecule has 0 spiro atoms. The Morgan fingerprint density at radius 2 is 1.50 bits per heavy atom. The highest BCUT2D eigenvalue weighted by Gasteiger charge is 2.44. The molecule has 276 valence electrons. The lowest BCUT2D eigenvalue weighted by molar-refractivity contribution is -0.438. The number of nitrogens with one attached hydrogen (secondary N) is 2. The van der Waals surface area contributed by atoms with E-state index in [9.17, 15) is 4.79 Å². The van der Waals surface area contributed by atoms with Crippen LogP contribution in [0.15, 0.2) is 84.6 Å². The number of hydrogen-bond donors (Lipinski definition) is 2. The first kappa shape index (κ1) is 39.2. The van der Waals surface area contributed by atoms with Crippen LogP contribution in [0.3, 0.4) is 0 Å². The topological polar surface area (TPSA) is 86.0 Å². The van der Waals surface area contributed by atoms with Gasteiger partial charge in [-0.2, -0.15) is 19.5 Å². The van der Waals surface area contributed by atoms with Gasteiger partial charge >= 0.3 is 0 Å². The minimum atomic E-state index is -0.0836. The fourth-order valence-corrected chi connectivity index (χ4v) is 7.76. The number of carbonyl (C=O) groups excluding carboxylic acids is 1. The molecule has 3 heterocycles. The highest BCUT2D eigenvalue weighted by molar-refractivity contribution is 6.31. The Morgan fingerprint density at radius 1 is 0.808 bits per heavy atom. The Hall–Kier alpha value is -4.01. The van der Waals surface area contributed by atoms with Gasteiger partial charge in [0.1, 0.15) is 6.54 Å². The van der Waals surface area contributed by atoms with Crippen molar-refractivity contribution in [2.45, 2.75) is 96.8 Å². The smallest absolute Gasteiger partial charge is 0.228 e. The summed E-state index contributed by atoms with van der Waals surface area (Å²) in [4.78, 5) is 26.5. The van der Waals surface area contributed by atoms with Crippen LogP contribution in [0, 0.1) is 0 Å². The van der Waals surface area contributed by atoms with E-state index >= 15 is 0 Å². The molecular weight excluding hydrogens is 689 g/mol. The van der Waals surface area contributed by atoms with Crippen molar-refractivity contribution < 1.29 is 9.37 Å². The molecule has 2 aliphatic rings. The molecule has 0 aliphatic carbocycles. The van der Waals surface area contributed by atoms with E-state index in [0.717, 1.165) is 45.2 Å². The van der Waals surface area contributed by atoms with Gasteiger partial charge in [-0.05, 0) is 74.0 Å². The van der Waals surface area contributed by atoms with Crippen LogP contribution in [0.25, 0.3) is 0 Å². The lowest BCUT2D eigenvalue weighted by atomic mass is 9.81. The van der Waals surface area contributed by atoms with E-state index in [0.29, 0.717) is 19.5 Å². The monoisotopic (exact) mass is 742 g/mol. The van der Waals surface area contributed by atoms with Gasteiger partial charge in [-0.15, -0.1) is 0 Å². The third-order valence-corrected chi connectivity index (χ3v) is 10.5. The molecule has 2 aromatic carbocycles. The maximum absolute atomic E-state index is 12.3. The van der Waals surface area contributed by atoms with Crippen LogP contribution in [0.2, 0.25) is 10.6 Å². The van der Waals surface area contributed by atoms with E-state index < -0.39 is 0 Å². The van der Waals surface area contributed by atoms with Gasteiger partial charge in [0.2, 0.25) is 28.1 Å². The Labute approximate surface area is 320 Å². The molecule has 10 heteroatoms. The summed E-state index contributed by atoms with van der Waals surface area (Å²) in [5.74, 6) is 0.335. The van der Waals surface area contributed by atoms with Crippen molar-refractivity contribution >= 4 is 52.1 Å². The van der Waals surface area contributed by atoms with Crippen molar-refractivity contribution in [1.82, 2.24) is 20.3 Å². The van der Waals surface area contributed by atoms with E-state index in [1.165, 1.54) is 46.8 Å². The molecule has 0 saturated heterocycles. The summed E-state index contributed by atoms with van der Waals surface area (Å²) < 4.78 is 2.52. The summed E-state index contributed by atoms with van der Waals surface area (Å²) >= 11 is 11.6. The quantitative estimate of drug-likeness (QED) is 0.0767. The molecule has 0 bridgehead atoms. The zero-order valence-electron chi connectivity index (χ0n) is 31.4. The fourth-order valence-electron chi connectivity index (χ4n) is 7.39. The van der Waals surface area contributed by atoms with Gasteiger partial charge in [0, 0.05) is 67.0 Å². The second-order valence-corrected chi connectivity index (χ2v) is 15.3. The first-order valence-electron chi connectivity index (χ1n) is 18.8. The summed E-state index contributed by atoms with van der Waals surface area (Å²) in [6.07, 6.45) is 19.3. The van der Waals surface area contributed by atoms with E-state index in [4.69, 9.17) is 23.2 Å². The van der Waals surface area contributed by atoms with Crippen molar-refractivity contribution in [3.8, 4) is 0 Å². The maximum Gasteiger partial charge on any atom is 0.228 e. The van der Waals surface area contributed by atoms with Crippen LogP contribution in [0.4, 0.5) is 17.3 Å². The van der Waals surface area contributed by atoms with Crippen LogP contribution >= 0.6 is 23.2 Å². The number of fused-ring (bicyclic) bond motifs is 2. The normalized spacial score (nSPS) is 16.7. The number of allylic oxidation sites excluding steroid dienone is 6. The highest BCUT2D eigenvalue weighted by Crippen LogP contribution is 2.47. The number of anilines is 2. The maximum atomic E-state index is 12.3. The number of benzene rings is 2. The van der Waals surface area contributed by atoms with E-state index in [1.807, 2.05) is 0 Å². The molecule has 5 rings (SSSR count). The molecule has 1 aromatic heterocycles. The van der Waals surface area contributed by atoms with Crippen LogP contribution in [0.5, 0.6) is 0 Å². The molecule has 0 radical (unpaired) electrons. The third kappa shape index (κ3) is 9.50. The van der Waals surface area contributed by atoms with Crippen molar-refractivity contribution in [3.63, 3.8) is 0 Å². The van der Waals surface area contributed by atoms with Crippen molar-refractivity contribution in [3.05, 3.63) is 106 Å². The largest absolute Gasteiger partial charge is 0.354 e. The number of amides is 1. The van der Waals surface area contributed by atoms with Gasteiger partial charge in [0.25, 0.3) is 0 Å². The summed E-state index contributed by atoms with van der Waals surface area (Å²) in [5.41, 5.74) is 8.00. The number of rotatable bonds is 18. The number of nitrogens with zero attached hydrogens (tertiary/aromatic N) is 5. The number of carbonyl (C=O) groups is 1. The second kappa shape index (κ2) is 18.2. The van der Waals surface area contributed by atoms with Gasteiger partial charge in [0.15, 0.2) is 5.71 Å². The Bertz CT molecular complexity index is 1810. The van der Waals surface area contributed by atoms with E-state index in [2.05, 4.69) is 149 Å². The number of halogens is 2. The first-order chi connectivity index (χ1) is 25.0. The Morgan fingerprint density at radius 3 is 2.27 bits per heavy atom. The zero-order valence-corrected chi connectivity index (χ0v) is 32.9. The van der Waals surface area contributed by atoms with Crippen molar-refractivity contribution in [1.29, 1.82) is 0 Å². The van der Waals surface area contributed by atoms with Crippen molar-refractivity contribution in [2.24, 2.45) is 0 Å². The average molecular weight is 744 g/mol. The number of hydrogen-bond acceptors (Lipinski definition) is 6. The second-order valence-electron chi connectivity index (χ2n) is 14.6. The summed E-state index contributed by atoms with van der Waals surface area (Å²) in [7, 11) is 0. The number of aromatic nitrogens is 3.